The van der Waals surface area contributed by atoms with Crippen molar-refractivity contribution in [3.63, 3.8) is 0 Å². The number of aryl methyl sites for hydroxylation is 1. The van der Waals surface area contributed by atoms with Gasteiger partial charge in [-0.2, -0.15) is 22.8 Å². The highest BCUT2D eigenvalue weighted by Gasteiger charge is 2.39. The number of rotatable bonds is 1. The van der Waals surface area contributed by atoms with E-state index in [0.717, 1.165) is 4.52 Å². The number of hydrogen-bond acceptors (Lipinski definition) is 2. The van der Waals surface area contributed by atoms with Crippen molar-refractivity contribution in [1.29, 1.82) is 0 Å². The van der Waals surface area contributed by atoms with E-state index in [2.05, 4.69) is 10.1 Å². The summed E-state index contributed by atoms with van der Waals surface area (Å²) in [5.41, 5.74) is -0.871. The fourth-order valence-electron chi connectivity index (χ4n) is 2.24. The van der Waals surface area contributed by atoms with Crippen molar-refractivity contribution in [1.82, 2.24) is 14.6 Å². The number of nitrogens with one attached hydrogen (secondary N) is 1. The minimum absolute atomic E-state index is 0.0430. The maximum Gasteiger partial charge on any atom is 0.435 e. The van der Waals surface area contributed by atoms with E-state index in [1.54, 1.807) is 59.8 Å². The molecule has 3 rings (SSSR count). The Morgan fingerprint density at radius 1 is 1.23 bits per heavy atom. The third kappa shape index (κ3) is 2.31. The quantitative estimate of drug-likeness (QED) is 0.613. The van der Waals surface area contributed by atoms with Gasteiger partial charge in [0.1, 0.15) is 5.65 Å². The van der Waals surface area contributed by atoms with E-state index in [1.807, 2.05) is 0 Å². The summed E-state index contributed by atoms with van der Waals surface area (Å²) >= 11 is 1.79. The van der Waals surface area contributed by atoms with Gasteiger partial charge in [-0.3, -0.25) is 4.79 Å². The van der Waals surface area contributed by atoms with Gasteiger partial charge in [0, 0.05) is 5.69 Å². The Kier molecular flexibility index (Phi) is 3.50. The van der Waals surface area contributed by atoms with Crippen LogP contribution in [0.5, 0.6) is 0 Å². The van der Waals surface area contributed by atoms with Crippen molar-refractivity contribution in [2.75, 3.05) is 0 Å². The molecule has 0 saturated carbocycles. The number of nitrogens with zero attached hydrogens (tertiary/aromatic N) is 2. The van der Waals surface area contributed by atoms with Gasteiger partial charge in [0.15, 0.2) is 5.69 Å². The molecule has 0 aliphatic heterocycles. The van der Waals surface area contributed by atoms with Crippen LogP contribution >= 0.6 is 22.6 Å². The third-order valence-electron chi connectivity index (χ3n) is 3.23. The van der Waals surface area contributed by atoms with Crippen LogP contribution in [0.15, 0.2) is 35.1 Å². The molecule has 3 aromatic rings. The molecule has 0 aliphatic rings. The molecule has 22 heavy (non-hydrogen) atoms. The topological polar surface area (TPSA) is 50.2 Å². The van der Waals surface area contributed by atoms with Crippen LogP contribution in [0.4, 0.5) is 13.2 Å². The Balaban J connectivity index is 2.50. The van der Waals surface area contributed by atoms with Crippen LogP contribution in [0.25, 0.3) is 16.8 Å². The van der Waals surface area contributed by atoms with Gasteiger partial charge in [0.25, 0.3) is 5.56 Å². The molecule has 0 fully saturated rings. The van der Waals surface area contributed by atoms with E-state index in [9.17, 15) is 18.0 Å². The molecule has 2 aromatic heterocycles. The van der Waals surface area contributed by atoms with Gasteiger partial charge in [-0.1, -0.05) is 30.3 Å². The predicted octanol–water partition coefficient (Wildman–Crippen LogP) is 3.62. The van der Waals surface area contributed by atoms with Gasteiger partial charge in [0.05, 0.1) is 9.13 Å². The average Bonchev–Trinajstić information content (AvgIpc) is 2.85. The lowest BCUT2D eigenvalue weighted by Gasteiger charge is -2.06. The Hall–Kier alpha value is -1.84. The van der Waals surface area contributed by atoms with Gasteiger partial charge in [-0.25, -0.2) is 0 Å². The minimum atomic E-state index is -4.66. The van der Waals surface area contributed by atoms with Gasteiger partial charge in [-0.05, 0) is 35.1 Å². The summed E-state index contributed by atoms with van der Waals surface area (Å²) in [6.45, 7) is 1.64. The zero-order valence-electron chi connectivity index (χ0n) is 11.2. The van der Waals surface area contributed by atoms with E-state index in [4.69, 9.17) is 0 Å². The number of halogens is 4. The molecule has 1 N–H and O–H groups in total. The van der Waals surface area contributed by atoms with Crippen molar-refractivity contribution in [3.05, 3.63) is 55.6 Å². The summed E-state index contributed by atoms with van der Waals surface area (Å²) in [5, 5.41) is 3.50. The van der Waals surface area contributed by atoms with Crippen LogP contribution < -0.4 is 5.56 Å². The van der Waals surface area contributed by atoms with Crippen LogP contribution in [-0.4, -0.2) is 14.6 Å². The molecular weight excluding hydrogens is 410 g/mol. The van der Waals surface area contributed by atoms with Gasteiger partial charge < -0.3 is 4.98 Å². The first-order valence-corrected chi connectivity index (χ1v) is 7.32. The highest BCUT2D eigenvalue weighted by atomic mass is 127. The van der Waals surface area contributed by atoms with Crippen LogP contribution in [0.1, 0.15) is 11.4 Å². The summed E-state index contributed by atoms with van der Waals surface area (Å²) in [6.07, 6.45) is -4.66. The molecular formula is C14H9F3IN3O. The molecule has 0 radical (unpaired) electrons. The van der Waals surface area contributed by atoms with E-state index in [0.29, 0.717) is 14.8 Å². The van der Waals surface area contributed by atoms with Gasteiger partial charge in [0.2, 0.25) is 0 Å². The standard InChI is InChI=1S/C14H9F3IN3O/c1-7-10(18)13(22)21-12(19-7)9(8-5-3-2-4-6-8)11(20-21)14(15,16)17/h2-6,19H,1H3. The van der Waals surface area contributed by atoms with Crippen LogP contribution in [0.3, 0.4) is 0 Å². The number of alkyl halides is 3. The van der Waals surface area contributed by atoms with Crippen molar-refractivity contribution in [3.8, 4) is 11.1 Å². The first-order valence-electron chi connectivity index (χ1n) is 6.24. The van der Waals surface area contributed by atoms with E-state index >= 15 is 0 Å². The maximum atomic E-state index is 13.3. The third-order valence-corrected chi connectivity index (χ3v) is 4.50. The molecule has 0 saturated heterocycles. The number of H-pyrrole nitrogens is 1. The van der Waals surface area contributed by atoms with Crippen LogP contribution in [-0.2, 0) is 6.18 Å². The Bertz CT molecular complexity index is 913. The number of hydrogen-bond donors (Lipinski definition) is 1. The zero-order valence-corrected chi connectivity index (χ0v) is 13.4. The molecule has 8 heteroatoms. The van der Waals surface area contributed by atoms with E-state index in [-0.39, 0.29) is 11.2 Å². The average molecular weight is 419 g/mol. The minimum Gasteiger partial charge on any atom is -0.342 e. The molecule has 0 atom stereocenters. The first-order chi connectivity index (χ1) is 10.3. The van der Waals surface area contributed by atoms with Crippen molar-refractivity contribution in [2.45, 2.75) is 13.1 Å². The second-order valence-electron chi connectivity index (χ2n) is 4.72. The largest absolute Gasteiger partial charge is 0.435 e. The van der Waals surface area contributed by atoms with Crippen molar-refractivity contribution in [2.24, 2.45) is 0 Å². The SMILES string of the molecule is Cc1[nH]c2c(-c3ccccc3)c(C(F)(F)F)nn2c(=O)c1I. The fourth-order valence-corrected chi connectivity index (χ4v) is 2.61. The van der Waals surface area contributed by atoms with E-state index < -0.39 is 17.4 Å². The summed E-state index contributed by atoms with van der Waals surface area (Å²) in [4.78, 5) is 15.0. The molecule has 4 nitrogen and oxygen atoms in total. The Labute approximate surface area is 136 Å². The summed E-state index contributed by atoms with van der Waals surface area (Å²) < 4.78 is 41.0. The molecule has 0 aliphatic carbocycles. The number of benzene rings is 1. The van der Waals surface area contributed by atoms with Crippen LogP contribution in [0, 0.1) is 10.5 Å². The molecule has 0 bridgehead atoms. The van der Waals surface area contributed by atoms with Gasteiger partial charge in [-0.15, -0.1) is 0 Å². The normalized spacial score (nSPS) is 12.0. The van der Waals surface area contributed by atoms with E-state index in [1.165, 1.54) is 0 Å². The molecule has 114 valence electrons. The second-order valence-corrected chi connectivity index (χ2v) is 5.80. The predicted molar refractivity (Wildman–Crippen MR) is 83.7 cm³/mol. The van der Waals surface area contributed by atoms with Gasteiger partial charge >= 0.3 is 6.18 Å². The smallest absolute Gasteiger partial charge is 0.342 e. The maximum absolute atomic E-state index is 13.3. The lowest BCUT2D eigenvalue weighted by Crippen LogP contribution is -2.20. The molecule has 0 spiro atoms. The molecule has 1 aromatic carbocycles. The van der Waals surface area contributed by atoms with Crippen molar-refractivity contribution >= 4 is 28.2 Å². The zero-order chi connectivity index (χ0) is 16.1. The molecule has 0 amide bonds. The molecule has 2 heterocycles. The van der Waals surface area contributed by atoms with Crippen LogP contribution in [0.2, 0.25) is 0 Å². The summed E-state index contributed by atoms with van der Waals surface area (Å²) in [5.74, 6) is 0. The van der Waals surface area contributed by atoms with Crippen molar-refractivity contribution < 1.29 is 13.2 Å². The Morgan fingerprint density at radius 3 is 2.45 bits per heavy atom. The number of aromatic amines is 1. The highest BCUT2D eigenvalue weighted by molar-refractivity contribution is 14.1. The lowest BCUT2D eigenvalue weighted by atomic mass is 10.1. The summed E-state index contributed by atoms with van der Waals surface area (Å²) in [6, 6.07) is 8.09. The monoisotopic (exact) mass is 419 g/mol. The molecule has 0 unspecified atom stereocenters. The fraction of sp³-hybridized carbons (Fsp3) is 0.143. The highest BCUT2D eigenvalue weighted by Crippen LogP contribution is 2.38. The second kappa shape index (κ2) is 5.11. The number of aromatic nitrogens is 3. The number of fused-ring (bicyclic) bond motifs is 1. The first kappa shape index (κ1) is 15.1. The Morgan fingerprint density at radius 2 is 1.86 bits per heavy atom. The lowest BCUT2D eigenvalue weighted by molar-refractivity contribution is -0.140. The summed E-state index contributed by atoms with van der Waals surface area (Å²) in [7, 11) is 0.